The van der Waals surface area contributed by atoms with Crippen LogP contribution in [0.1, 0.15) is 0 Å². The molecule has 0 amide bonds. The van der Waals surface area contributed by atoms with Gasteiger partial charge in [-0.15, -0.1) is 0 Å². The molecule has 0 saturated carbocycles. The summed E-state index contributed by atoms with van der Waals surface area (Å²) in [5.74, 6) is 0. The van der Waals surface area contributed by atoms with E-state index < -0.39 is 10.0 Å². The van der Waals surface area contributed by atoms with E-state index in [2.05, 4.69) is 14.7 Å². The number of anilines is 2. The zero-order valence-corrected chi connectivity index (χ0v) is 9.55. The molecule has 17 heavy (non-hydrogen) atoms. The van der Waals surface area contributed by atoms with Gasteiger partial charge in [-0.2, -0.15) is 0 Å². The highest BCUT2D eigenvalue weighted by Gasteiger charge is 2.17. The van der Waals surface area contributed by atoms with Crippen LogP contribution < -0.4 is 10.5 Å². The second-order valence-electron chi connectivity index (χ2n) is 3.25. The third kappa shape index (κ3) is 2.51. The van der Waals surface area contributed by atoms with Crippen molar-refractivity contribution in [1.29, 1.82) is 0 Å². The zero-order valence-electron chi connectivity index (χ0n) is 8.74. The maximum atomic E-state index is 12.0. The normalized spacial score (nSPS) is 11.1. The third-order valence-corrected chi connectivity index (χ3v) is 3.46. The van der Waals surface area contributed by atoms with Crippen LogP contribution in [-0.2, 0) is 10.0 Å². The van der Waals surface area contributed by atoms with Crippen molar-refractivity contribution in [1.82, 2.24) is 9.97 Å². The summed E-state index contributed by atoms with van der Waals surface area (Å²) in [5.41, 5.74) is 6.16. The Morgan fingerprint density at radius 3 is 2.35 bits per heavy atom. The number of nitrogen functional groups attached to an aromatic ring is 1. The minimum Gasteiger partial charge on any atom is -0.398 e. The molecule has 0 spiro atoms. The Morgan fingerprint density at radius 2 is 1.71 bits per heavy atom. The molecule has 0 unspecified atom stereocenters. The molecule has 6 nitrogen and oxygen atoms in total. The first-order valence-corrected chi connectivity index (χ1v) is 6.20. The van der Waals surface area contributed by atoms with Crippen LogP contribution in [0.2, 0.25) is 0 Å². The average molecular weight is 250 g/mol. The quantitative estimate of drug-likeness (QED) is 0.841. The topological polar surface area (TPSA) is 98.0 Å². The molecule has 3 N–H and O–H groups in total. The van der Waals surface area contributed by atoms with E-state index in [-0.39, 0.29) is 10.6 Å². The monoisotopic (exact) mass is 250 g/mol. The van der Waals surface area contributed by atoms with E-state index in [0.717, 1.165) is 0 Å². The highest BCUT2D eigenvalue weighted by atomic mass is 32.2. The summed E-state index contributed by atoms with van der Waals surface area (Å²) in [6, 6.07) is 4.52. The molecule has 88 valence electrons. The molecule has 0 saturated heterocycles. The molecule has 2 aromatic rings. The fourth-order valence-corrected chi connectivity index (χ4v) is 2.38. The molecule has 0 fully saturated rings. The van der Waals surface area contributed by atoms with Crippen LogP contribution >= 0.6 is 0 Å². The van der Waals surface area contributed by atoms with E-state index in [1.54, 1.807) is 12.1 Å². The lowest BCUT2D eigenvalue weighted by Crippen LogP contribution is -2.15. The largest absolute Gasteiger partial charge is 0.398 e. The second kappa shape index (κ2) is 4.38. The summed E-state index contributed by atoms with van der Waals surface area (Å²) in [5, 5.41) is 0. The molecular formula is C10H10N4O2S. The number of pyridine rings is 2. The van der Waals surface area contributed by atoms with Gasteiger partial charge < -0.3 is 5.73 Å². The first kappa shape index (κ1) is 11.3. The third-order valence-electron chi connectivity index (χ3n) is 2.04. The van der Waals surface area contributed by atoms with Gasteiger partial charge in [0.2, 0.25) is 0 Å². The van der Waals surface area contributed by atoms with Crippen molar-refractivity contribution in [2.24, 2.45) is 0 Å². The van der Waals surface area contributed by atoms with Crippen LogP contribution in [0.4, 0.5) is 11.4 Å². The maximum absolute atomic E-state index is 12.0. The Labute approximate surface area is 98.6 Å². The van der Waals surface area contributed by atoms with Crippen LogP contribution in [0.15, 0.2) is 47.9 Å². The Kier molecular flexibility index (Phi) is 2.92. The number of nitrogens with one attached hydrogen (secondary N) is 1. The van der Waals surface area contributed by atoms with E-state index in [1.165, 1.54) is 30.9 Å². The van der Waals surface area contributed by atoms with Crippen LogP contribution in [0.25, 0.3) is 0 Å². The van der Waals surface area contributed by atoms with Gasteiger partial charge in [-0.25, -0.2) is 8.42 Å². The van der Waals surface area contributed by atoms with Crippen molar-refractivity contribution < 1.29 is 8.42 Å². The van der Waals surface area contributed by atoms with Gasteiger partial charge in [-0.1, -0.05) is 0 Å². The lowest BCUT2D eigenvalue weighted by Gasteiger charge is -2.08. The predicted molar refractivity (Wildman–Crippen MR) is 63.7 cm³/mol. The summed E-state index contributed by atoms with van der Waals surface area (Å²) in [4.78, 5) is 7.49. The minimum absolute atomic E-state index is 0.0446. The van der Waals surface area contributed by atoms with Gasteiger partial charge in [0.1, 0.15) is 4.90 Å². The molecule has 0 radical (unpaired) electrons. The number of sulfonamides is 1. The Morgan fingerprint density at radius 1 is 1.06 bits per heavy atom. The molecular weight excluding hydrogens is 240 g/mol. The van der Waals surface area contributed by atoms with Gasteiger partial charge in [-0.05, 0) is 18.2 Å². The number of hydrogen-bond donors (Lipinski definition) is 2. The van der Waals surface area contributed by atoms with Crippen molar-refractivity contribution in [3.8, 4) is 0 Å². The van der Waals surface area contributed by atoms with Crippen LogP contribution in [-0.4, -0.2) is 18.4 Å². The fraction of sp³-hybridized carbons (Fsp3) is 0. The maximum Gasteiger partial charge on any atom is 0.265 e. The molecule has 2 rings (SSSR count). The standard InChI is InChI=1S/C10H10N4O2S/c11-9-3-6-13-7-10(9)17(15,16)14-8-1-4-12-5-2-8/h1-7H,(H2,11,13)(H,12,14). The molecule has 0 aromatic carbocycles. The van der Waals surface area contributed by atoms with E-state index in [4.69, 9.17) is 5.73 Å². The predicted octanol–water partition coefficient (Wildman–Crippen LogP) is 0.860. The van der Waals surface area contributed by atoms with Crippen molar-refractivity contribution >= 4 is 21.4 Å². The van der Waals surface area contributed by atoms with Gasteiger partial charge >= 0.3 is 0 Å². The average Bonchev–Trinajstić information content (AvgIpc) is 2.30. The molecule has 2 heterocycles. The Hall–Kier alpha value is -2.15. The summed E-state index contributed by atoms with van der Waals surface area (Å²) < 4.78 is 26.3. The second-order valence-corrected chi connectivity index (χ2v) is 4.91. The van der Waals surface area contributed by atoms with Crippen molar-refractivity contribution in [3.63, 3.8) is 0 Å². The molecule has 0 aliphatic heterocycles. The van der Waals surface area contributed by atoms with E-state index in [0.29, 0.717) is 5.69 Å². The van der Waals surface area contributed by atoms with Crippen molar-refractivity contribution in [2.45, 2.75) is 4.90 Å². The van der Waals surface area contributed by atoms with E-state index in [1.807, 2.05) is 0 Å². The van der Waals surface area contributed by atoms with Gasteiger partial charge in [0.05, 0.1) is 11.4 Å². The van der Waals surface area contributed by atoms with Gasteiger partial charge in [0.15, 0.2) is 0 Å². The summed E-state index contributed by atoms with van der Waals surface area (Å²) >= 11 is 0. The summed E-state index contributed by atoms with van der Waals surface area (Å²) in [7, 11) is -3.71. The van der Waals surface area contributed by atoms with Crippen LogP contribution in [0.3, 0.4) is 0 Å². The lowest BCUT2D eigenvalue weighted by atomic mass is 10.4. The number of nitrogens with two attached hydrogens (primary N) is 1. The number of nitrogens with zero attached hydrogens (tertiary/aromatic N) is 2. The Balaban J connectivity index is 2.36. The first-order valence-electron chi connectivity index (χ1n) is 4.72. The molecule has 0 atom stereocenters. The van der Waals surface area contributed by atoms with Gasteiger partial charge in [-0.3, -0.25) is 14.7 Å². The molecule has 0 bridgehead atoms. The SMILES string of the molecule is Nc1ccncc1S(=O)(=O)Nc1ccncc1. The number of rotatable bonds is 3. The zero-order chi connectivity index (χ0) is 12.3. The van der Waals surface area contributed by atoms with Gasteiger partial charge in [0, 0.05) is 24.8 Å². The summed E-state index contributed by atoms with van der Waals surface area (Å²) in [6.45, 7) is 0. The summed E-state index contributed by atoms with van der Waals surface area (Å²) in [6.07, 6.45) is 5.62. The fourth-order valence-electron chi connectivity index (χ4n) is 1.25. The number of aromatic nitrogens is 2. The van der Waals surface area contributed by atoms with Crippen molar-refractivity contribution in [2.75, 3.05) is 10.5 Å². The smallest absolute Gasteiger partial charge is 0.265 e. The van der Waals surface area contributed by atoms with E-state index in [9.17, 15) is 8.42 Å². The minimum atomic E-state index is -3.71. The first-order chi connectivity index (χ1) is 8.09. The Bertz CT molecular complexity index is 613. The van der Waals surface area contributed by atoms with Crippen LogP contribution in [0, 0.1) is 0 Å². The highest BCUT2D eigenvalue weighted by molar-refractivity contribution is 7.92. The molecule has 7 heteroatoms. The number of hydrogen-bond acceptors (Lipinski definition) is 5. The van der Waals surface area contributed by atoms with E-state index >= 15 is 0 Å². The highest BCUT2D eigenvalue weighted by Crippen LogP contribution is 2.19. The molecule has 0 aliphatic rings. The van der Waals surface area contributed by atoms with Gasteiger partial charge in [0.25, 0.3) is 10.0 Å². The lowest BCUT2D eigenvalue weighted by molar-refractivity contribution is 0.601. The van der Waals surface area contributed by atoms with Crippen LogP contribution in [0.5, 0.6) is 0 Å². The van der Waals surface area contributed by atoms with Crippen molar-refractivity contribution in [3.05, 3.63) is 43.0 Å². The molecule has 0 aliphatic carbocycles. The molecule has 2 aromatic heterocycles.